The Hall–Kier alpha value is -0.340. The van der Waals surface area contributed by atoms with E-state index in [1.165, 1.54) is 0 Å². The molecule has 0 aliphatic carbocycles. The van der Waals surface area contributed by atoms with Crippen molar-refractivity contribution >= 4 is 42.6 Å². The van der Waals surface area contributed by atoms with Crippen LogP contribution in [0.4, 0.5) is 0 Å². The van der Waals surface area contributed by atoms with E-state index in [1.807, 2.05) is 30.3 Å². The highest BCUT2D eigenvalue weighted by Crippen LogP contribution is 2.32. The van der Waals surface area contributed by atoms with E-state index in [4.69, 9.17) is 6.92 Å². The Morgan fingerprint density at radius 2 is 1.69 bits per heavy atom. The van der Waals surface area contributed by atoms with Gasteiger partial charge in [0, 0.05) is 8.95 Å². The van der Waals surface area contributed by atoms with E-state index in [2.05, 4.69) is 31.9 Å². The highest BCUT2D eigenvalue weighted by molar-refractivity contribution is 9.13. The van der Waals surface area contributed by atoms with Crippen LogP contribution in [-0.2, 0) is 0 Å². The van der Waals surface area contributed by atoms with Crippen LogP contribution < -0.4 is 0 Å². The Bertz CT molecular complexity index is 461. The van der Waals surface area contributed by atoms with E-state index in [-0.39, 0.29) is 0 Å². The van der Waals surface area contributed by atoms with Crippen molar-refractivity contribution < 1.29 is 0 Å². The van der Waals surface area contributed by atoms with Gasteiger partial charge in [-0.25, -0.2) is 0 Å². The molecule has 0 saturated carbocycles. The molecule has 0 aliphatic rings. The Labute approximate surface area is 94.2 Å². The molecule has 0 aromatic heterocycles. The summed E-state index contributed by atoms with van der Waals surface area (Å²) in [6.45, 7) is 5.84. The number of hydrogen-bond donors (Lipinski definition) is 0. The SMILES string of the molecule is [CH]c1cccc2c(Br)c(Br)ccc12. The second-order valence-corrected chi connectivity index (χ2v) is 4.45. The van der Waals surface area contributed by atoms with Gasteiger partial charge in [-0.2, -0.15) is 0 Å². The topological polar surface area (TPSA) is 0 Å². The van der Waals surface area contributed by atoms with Gasteiger partial charge in [0.05, 0.1) is 0 Å². The van der Waals surface area contributed by atoms with Crippen molar-refractivity contribution in [3.8, 4) is 0 Å². The van der Waals surface area contributed by atoms with Gasteiger partial charge in [-0.05, 0) is 61.2 Å². The zero-order valence-corrected chi connectivity index (χ0v) is 9.89. The van der Waals surface area contributed by atoms with E-state index < -0.39 is 0 Å². The van der Waals surface area contributed by atoms with Crippen molar-refractivity contribution in [2.75, 3.05) is 0 Å². The average Bonchev–Trinajstić information content (AvgIpc) is 2.12. The van der Waals surface area contributed by atoms with Gasteiger partial charge in [-0.3, -0.25) is 0 Å². The number of rotatable bonds is 0. The quantitative estimate of drug-likeness (QED) is 0.675. The van der Waals surface area contributed by atoms with Crippen molar-refractivity contribution in [2.45, 2.75) is 0 Å². The lowest BCUT2D eigenvalue weighted by molar-refractivity contribution is 1.62. The highest BCUT2D eigenvalue weighted by Gasteiger charge is 2.03. The van der Waals surface area contributed by atoms with Gasteiger partial charge in [0.1, 0.15) is 0 Å². The minimum atomic E-state index is 0.811. The first-order valence-corrected chi connectivity index (χ1v) is 5.41. The third-order valence-corrected chi connectivity index (χ3v) is 4.03. The van der Waals surface area contributed by atoms with E-state index >= 15 is 0 Å². The summed E-state index contributed by atoms with van der Waals surface area (Å²) in [7, 11) is 0. The molecule has 0 saturated heterocycles. The molecule has 2 aromatic rings. The summed E-state index contributed by atoms with van der Waals surface area (Å²) in [5.74, 6) is 0. The lowest BCUT2D eigenvalue weighted by atomic mass is 10.1. The maximum atomic E-state index is 5.84. The predicted molar refractivity (Wildman–Crippen MR) is 62.8 cm³/mol. The molecule has 0 fully saturated rings. The third kappa shape index (κ3) is 1.53. The van der Waals surface area contributed by atoms with Crippen LogP contribution in [0.2, 0.25) is 0 Å². The average molecular weight is 298 g/mol. The number of halogens is 2. The van der Waals surface area contributed by atoms with Gasteiger partial charge in [0.25, 0.3) is 0 Å². The summed E-state index contributed by atoms with van der Waals surface area (Å²) in [6, 6.07) is 9.90. The lowest BCUT2D eigenvalue weighted by Gasteiger charge is -2.04. The Morgan fingerprint density at radius 3 is 2.46 bits per heavy atom. The predicted octanol–water partition coefficient (Wildman–Crippen LogP) is 4.42. The molecular weight excluding hydrogens is 292 g/mol. The maximum absolute atomic E-state index is 5.84. The lowest BCUT2D eigenvalue weighted by Crippen LogP contribution is -1.79. The van der Waals surface area contributed by atoms with Gasteiger partial charge in [0.2, 0.25) is 0 Å². The maximum Gasteiger partial charge on any atom is 0.0395 e. The molecule has 2 heteroatoms. The van der Waals surface area contributed by atoms with Crippen molar-refractivity contribution in [1.82, 2.24) is 0 Å². The number of benzene rings is 2. The standard InChI is InChI=1S/C11H6Br2/c1-7-3-2-4-9-8(7)5-6-10(12)11(9)13/h1-6H. The first kappa shape index (κ1) is 9.22. The van der Waals surface area contributed by atoms with Gasteiger partial charge in [0.15, 0.2) is 0 Å². The molecule has 0 N–H and O–H groups in total. The Morgan fingerprint density at radius 1 is 0.923 bits per heavy atom. The third-order valence-electron chi connectivity index (χ3n) is 1.98. The first-order valence-electron chi connectivity index (χ1n) is 3.82. The van der Waals surface area contributed by atoms with E-state index in [9.17, 15) is 0 Å². The second kappa shape index (κ2) is 3.43. The van der Waals surface area contributed by atoms with E-state index in [0.717, 1.165) is 25.3 Å². The second-order valence-electron chi connectivity index (χ2n) is 2.80. The summed E-state index contributed by atoms with van der Waals surface area (Å²) < 4.78 is 2.10. The molecule has 2 rings (SSSR count). The number of hydrogen-bond acceptors (Lipinski definition) is 0. The number of fused-ring (bicyclic) bond motifs is 1. The molecule has 0 spiro atoms. The molecule has 0 amide bonds. The largest absolute Gasteiger partial charge is 0.0613 e. The van der Waals surface area contributed by atoms with E-state index in [0.29, 0.717) is 0 Å². The molecule has 2 aromatic carbocycles. The van der Waals surface area contributed by atoms with Crippen LogP contribution in [0.5, 0.6) is 0 Å². The fraction of sp³-hybridized carbons (Fsp3) is 0. The summed E-state index contributed by atoms with van der Waals surface area (Å²) in [5, 5.41) is 2.21. The fourth-order valence-corrected chi connectivity index (χ4v) is 2.14. The van der Waals surface area contributed by atoms with Gasteiger partial charge >= 0.3 is 0 Å². The normalized spacial score (nSPS) is 10.7. The fourth-order valence-electron chi connectivity index (χ4n) is 1.32. The molecule has 0 heterocycles. The molecule has 0 bridgehead atoms. The van der Waals surface area contributed by atoms with E-state index in [1.54, 1.807) is 0 Å². The van der Waals surface area contributed by atoms with Crippen molar-refractivity contribution in [1.29, 1.82) is 0 Å². The summed E-state index contributed by atoms with van der Waals surface area (Å²) in [6.07, 6.45) is 0. The van der Waals surface area contributed by atoms with Crippen LogP contribution >= 0.6 is 31.9 Å². The van der Waals surface area contributed by atoms with Gasteiger partial charge in [-0.15, -0.1) is 0 Å². The van der Waals surface area contributed by atoms with Gasteiger partial charge in [-0.1, -0.05) is 24.3 Å². The van der Waals surface area contributed by atoms with Crippen LogP contribution in [-0.4, -0.2) is 0 Å². The van der Waals surface area contributed by atoms with Crippen molar-refractivity contribution in [3.63, 3.8) is 0 Å². The van der Waals surface area contributed by atoms with Gasteiger partial charge < -0.3 is 0 Å². The zero-order chi connectivity index (χ0) is 9.42. The molecule has 64 valence electrons. The molecule has 13 heavy (non-hydrogen) atoms. The monoisotopic (exact) mass is 296 g/mol. The van der Waals surface area contributed by atoms with Crippen molar-refractivity contribution in [3.05, 3.63) is 51.8 Å². The molecular formula is C11H6Br2. The zero-order valence-electron chi connectivity index (χ0n) is 6.72. The molecule has 0 aliphatic heterocycles. The first-order chi connectivity index (χ1) is 6.20. The Kier molecular flexibility index (Phi) is 2.43. The van der Waals surface area contributed by atoms with Crippen LogP contribution in [0, 0.1) is 6.92 Å². The molecule has 0 atom stereocenters. The summed E-state index contributed by atoms with van der Waals surface area (Å²) in [4.78, 5) is 0. The smallest absolute Gasteiger partial charge is 0.0395 e. The highest BCUT2D eigenvalue weighted by atomic mass is 79.9. The summed E-state index contributed by atoms with van der Waals surface area (Å²) in [5.41, 5.74) is 0.811. The Balaban J connectivity index is 2.94. The molecule has 0 unspecified atom stereocenters. The van der Waals surface area contributed by atoms with Crippen molar-refractivity contribution in [2.24, 2.45) is 0 Å². The van der Waals surface area contributed by atoms with Crippen LogP contribution in [0.25, 0.3) is 10.8 Å². The van der Waals surface area contributed by atoms with Crippen LogP contribution in [0.3, 0.4) is 0 Å². The summed E-state index contributed by atoms with van der Waals surface area (Å²) >= 11 is 6.97. The minimum Gasteiger partial charge on any atom is -0.0613 e. The van der Waals surface area contributed by atoms with Crippen LogP contribution in [0.1, 0.15) is 5.56 Å². The van der Waals surface area contributed by atoms with Crippen LogP contribution in [0.15, 0.2) is 39.3 Å². The molecule has 0 nitrogen and oxygen atoms in total. The molecule has 2 radical (unpaired) electrons. The minimum absolute atomic E-state index is 0.811.